The molecule has 4 rings (SSSR count). The van der Waals surface area contributed by atoms with Gasteiger partial charge in [-0.1, -0.05) is 18.2 Å². The zero-order chi connectivity index (χ0) is 19.7. The fourth-order valence-corrected chi connectivity index (χ4v) is 3.45. The van der Waals surface area contributed by atoms with E-state index < -0.39 is 0 Å². The van der Waals surface area contributed by atoms with Crippen LogP contribution in [-0.2, 0) is 17.9 Å². The van der Waals surface area contributed by atoms with Gasteiger partial charge in [0.15, 0.2) is 0 Å². The fraction of sp³-hybridized carbons (Fsp3) is 0.273. The topological polar surface area (TPSA) is 47.4 Å². The number of hydrogen-bond acceptors (Lipinski definition) is 3. The molecule has 0 saturated heterocycles. The van der Waals surface area contributed by atoms with E-state index in [1.165, 1.54) is 12.1 Å². The first-order valence-corrected chi connectivity index (χ1v) is 9.30. The predicted molar refractivity (Wildman–Crippen MR) is 104 cm³/mol. The van der Waals surface area contributed by atoms with Gasteiger partial charge in [-0.25, -0.2) is 4.39 Å². The van der Waals surface area contributed by atoms with E-state index >= 15 is 0 Å². The van der Waals surface area contributed by atoms with Crippen LogP contribution in [0.2, 0.25) is 0 Å². The molecule has 0 N–H and O–H groups in total. The highest BCUT2D eigenvalue weighted by Gasteiger charge is 2.26. The van der Waals surface area contributed by atoms with E-state index in [9.17, 15) is 9.18 Å². The molecule has 1 atom stereocenters. The number of nitrogens with zero attached hydrogens (tertiary/aromatic N) is 3. The molecular formula is C22H22FN3O2. The molecular weight excluding hydrogens is 357 g/mol. The number of benzene rings is 2. The summed E-state index contributed by atoms with van der Waals surface area (Å²) in [5, 5.41) is 4.21. The van der Waals surface area contributed by atoms with E-state index in [0.29, 0.717) is 13.2 Å². The molecule has 5 nitrogen and oxygen atoms in total. The average Bonchev–Trinajstić information content (AvgIpc) is 3.00. The first-order chi connectivity index (χ1) is 13.5. The molecule has 0 radical (unpaired) electrons. The largest absolute Gasteiger partial charge is 0.491 e. The second kappa shape index (κ2) is 7.46. The highest BCUT2D eigenvalue weighted by Crippen LogP contribution is 2.30. The number of carbonyl (C=O) groups excluding carboxylic acids is 1. The van der Waals surface area contributed by atoms with Crippen molar-refractivity contribution >= 4 is 5.91 Å². The summed E-state index contributed by atoms with van der Waals surface area (Å²) in [4.78, 5) is 14.7. The van der Waals surface area contributed by atoms with Crippen molar-refractivity contribution in [2.24, 2.45) is 0 Å². The molecule has 2 aromatic carbocycles. The van der Waals surface area contributed by atoms with E-state index in [4.69, 9.17) is 4.74 Å². The molecule has 28 heavy (non-hydrogen) atoms. The van der Waals surface area contributed by atoms with E-state index in [2.05, 4.69) is 5.10 Å². The Morgan fingerprint density at radius 1 is 1.25 bits per heavy atom. The van der Waals surface area contributed by atoms with Crippen molar-refractivity contribution < 1.29 is 13.9 Å². The maximum absolute atomic E-state index is 13.6. The maximum Gasteiger partial charge on any atom is 0.244 e. The molecule has 1 aliphatic heterocycles. The number of rotatable bonds is 3. The van der Waals surface area contributed by atoms with E-state index in [1.807, 2.05) is 49.2 Å². The van der Waals surface area contributed by atoms with Crippen LogP contribution in [0, 0.1) is 12.7 Å². The fourth-order valence-electron chi connectivity index (χ4n) is 3.45. The van der Waals surface area contributed by atoms with Crippen LogP contribution in [0.3, 0.4) is 0 Å². The summed E-state index contributed by atoms with van der Waals surface area (Å²) in [5.41, 5.74) is 3.62. The van der Waals surface area contributed by atoms with Crippen LogP contribution in [0.25, 0.3) is 11.1 Å². The van der Waals surface area contributed by atoms with Crippen LogP contribution >= 0.6 is 0 Å². The molecule has 0 saturated carbocycles. The van der Waals surface area contributed by atoms with Gasteiger partial charge in [0.05, 0.1) is 12.2 Å². The lowest BCUT2D eigenvalue weighted by atomic mass is 10.0. The van der Waals surface area contributed by atoms with Crippen LogP contribution in [0.4, 0.5) is 4.39 Å². The first kappa shape index (κ1) is 18.2. The SMILES string of the molecule is Cc1cnn(CC(=O)N2Cc3cc(-c4cccc(F)c4)ccc3OC[C@@H]2C)c1. The van der Waals surface area contributed by atoms with Gasteiger partial charge in [0.25, 0.3) is 0 Å². The second-order valence-corrected chi connectivity index (χ2v) is 7.23. The summed E-state index contributed by atoms with van der Waals surface area (Å²) >= 11 is 0. The van der Waals surface area contributed by atoms with Crippen molar-refractivity contribution in [3.63, 3.8) is 0 Å². The minimum absolute atomic E-state index is 0.0109. The summed E-state index contributed by atoms with van der Waals surface area (Å²) < 4.78 is 21.2. The molecule has 0 unspecified atom stereocenters. The molecule has 1 amide bonds. The first-order valence-electron chi connectivity index (χ1n) is 9.30. The van der Waals surface area contributed by atoms with E-state index in [1.54, 1.807) is 16.9 Å². The minimum atomic E-state index is -0.274. The number of carbonyl (C=O) groups is 1. The Hall–Kier alpha value is -3.15. The van der Waals surface area contributed by atoms with Crippen LogP contribution in [0.1, 0.15) is 18.1 Å². The lowest BCUT2D eigenvalue weighted by Crippen LogP contribution is -2.41. The smallest absolute Gasteiger partial charge is 0.244 e. The van der Waals surface area contributed by atoms with Crippen molar-refractivity contribution in [1.29, 1.82) is 0 Å². The zero-order valence-corrected chi connectivity index (χ0v) is 15.9. The van der Waals surface area contributed by atoms with Crippen molar-refractivity contribution in [3.05, 3.63) is 71.8 Å². The molecule has 1 aliphatic rings. The number of amides is 1. The molecule has 0 spiro atoms. The molecule has 0 fully saturated rings. The van der Waals surface area contributed by atoms with Crippen LogP contribution in [0.15, 0.2) is 54.9 Å². The third-order valence-corrected chi connectivity index (χ3v) is 4.95. The third-order valence-electron chi connectivity index (χ3n) is 4.95. The number of fused-ring (bicyclic) bond motifs is 1. The Bertz CT molecular complexity index is 1010. The van der Waals surface area contributed by atoms with Crippen LogP contribution in [-0.4, -0.2) is 33.2 Å². The van der Waals surface area contributed by atoms with Gasteiger partial charge < -0.3 is 9.64 Å². The van der Waals surface area contributed by atoms with Gasteiger partial charge >= 0.3 is 0 Å². The molecule has 0 aliphatic carbocycles. The quantitative estimate of drug-likeness (QED) is 0.695. The van der Waals surface area contributed by atoms with Gasteiger partial charge in [-0.05, 0) is 54.8 Å². The summed E-state index contributed by atoms with van der Waals surface area (Å²) in [6.07, 6.45) is 3.59. The Labute approximate surface area is 163 Å². The van der Waals surface area contributed by atoms with Gasteiger partial charge in [0.2, 0.25) is 5.91 Å². The molecule has 0 bridgehead atoms. The number of hydrogen-bond donors (Lipinski definition) is 0. The highest BCUT2D eigenvalue weighted by atomic mass is 19.1. The summed E-state index contributed by atoms with van der Waals surface area (Å²) in [6.45, 7) is 4.98. The standard InChI is InChI=1S/C22H22FN3O2/c1-15-10-24-25(11-15)13-22(27)26-12-19-8-18(17-4-3-5-20(23)9-17)6-7-21(19)28-14-16(26)2/h3-11,16H,12-14H2,1-2H3/t16-/m0/s1. The third kappa shape index (κ3) is 3.76. The van der Waals surface area contributed by atoms with Crippen molar-refractivity contribution in [2.75, 3.05) is 6.61 Å². The van der Waals surface area contributed by atoms with Gasteiger partial charge in [-0.3, -0.25) is 9.48 Å². The molecule has 6 heteroatoms. The lowest BCUT2D eigenvalue weighted by molar-refractivity contribution is -0.135. The number of halogens is 1. The number of aromatic nitrogens is 2. The maximum atomic E-state index is 13.6. The number of ether oxygens (including phenoxy) is 1. The molecule has 2 heterocycles. The highest BCUT2D eigenvalue weighted by molar-refractivity contribution is 5.76. The second-order valence-electron chi connectivity index (χ2n) is 7.23. The van der Waals surface area contributed by atoms with Gasteiger partial charge in [-0.15, -0.1) is 0 Å². The van der Waals surface area contributed by atoms with Gasteiger partial charge in [0.1, 0.15) is 24.7 Å². The summed E-state index contributed by atoms with van der Waals surface area (Å²) in [7, 11) is 0. The van der Waals surface area contributed by atoms with Crippen molar-refractivity contribution in [3.8, 4) is 16.9 Å². The Morgan fingerprint density at radius 2 is 2.07 bits per heavy atom. The summed E-state index contributed by atoms with van der Waals surface area (Å²) in [6, 6.07) is 12.2. The molecule has 3 aromatic rings. The predicted octanol–water partition coefficient (Wildman–Crippen LogP) is 3.81. The number of aryl methyl sites for hydroxylation is 1. The Kier molecular flexibility index (Phi) is 4.86. The van der Waals surface area contributed by atoms with Crippen molar-refractivity contribution in [1.82, 2.24) is 14.7 Å². The lowest BCUT2D eigenvalue weighted by Gasteiger charge is -2.26. The van der Waals surface area contributed by atoms with Gasteiger partial charge in [-0.2, -0.15) is 5.10 Å². The van der Waals surface area contributed by atoms with Crippen molar-refractivity contribution in [2.45, 2.75) is 33.0 Å². The van der Waals surface area contributed by atoms with Crippen LogP contribution < -0.4 is 4.74 Å². The normalized spacial score (nSPS) is 16.2. The Morgan fingerprint density at radius 3 is 2.82 bits per heavy atom. The average molecular weight is 379 g/mol. The van der Waals surface area contributed by atoms with Gasteiger partial charge in [0, 0.05) is 18.3 Å². The molecule has 144 valence electrons. The molecule has 1 aromatic heterocycles. The Balaban J connectivity index is 1.61. The summed E-state index contributed by atoms with van der Waals surface area (Å²) in [5.74, 6) is 0.476. The van der Waals surface area contributed by atoms with E-state index in [-0.39, 0.29) is 24.3 Å². The monoisotopic (exact) mass is 379 g/mol. The zero-order valence-electron chi connectivity index (χ0n) is 15.9. The van der Waals surface area contributed by atoms with Crippen LogP contribution in [0.5, 0.6) is 5.75 Å². The minimum Gasteiger partial charge on any atom is -0.491 e. The van der Waals surface area contributed by atoms with E-state index in [0.717, 1.165) is 28.0 Å².